The molecule has 0 aromatic rings. The van der Waals surface area contributed by atoms with Crippen molar-refractivity contribution in [3.63, 3.8) is 0 Å². The number of morpholine rings is 1. The van der Waals surface area contributed by atoms with Crippen LogP contribution in [-0.2, 0) is 14.8 Å². The Morgan fingerprint density at radius 1 is 1.56 bits per heavy atom. The molecular weight excluding hydrogens is 230 g/mol. The van der Waals surface area contributed by atoms with Gasteiger partial charge in [0, 0.05) is 26.2 Å². The molecule has 0 saturated carbocycles. The number of rotatable bonds is 6. The van der Waals surface area contributed by atoms with Crippen molar-refractivity contribution in [2.75, 3.05) is 45.1 Å². The summed E-state index contributed by atoms with van der Waals surface area (Å²) in [6.45, 7) is 5.89. The predicted octanol–water partition coefficient (Wildman–Crippen LogP) is -1.41. The van der Waals surface area contributed by atoms with Crippen molar-refractivity contribution < 1.29 is 13.2 Å². The molecule has 0 amide bonds. The second kappa shape index (κ2) is 6.51. The van der Waals surface area contributed by atoms with Crippen molar-refractivity contribution in [1.82, 2.24) is 9.62 Å². The highest BCUT2D eigenvalue weighted by molar-refractivity contribution is 7.89. The summed E-state index contributed by atoms with van der Waals surface area (Å²) in [5.41, 5.74) is 5.21. The van der Waals surface area contributed by atoms with Crippen molar-refractivity contribution in [3.8, 4) is 0 Å². The summed E-state index contributed by atoms with van der Waals surface area (Å²) in [6.07, 6.45) is -0.0544. The normalized spacial score (nSPS) is 23.5. The van der Waals surface area contributed by atoms with Crippen molar-refractivity contribution >= 4 is 10.0 Å². The van der Waals surface area contributed by atoms with Gasteiger partial charge >= 0.3 is 0 Å². The van der Waals surface area contributed by atoms with Gasteiger partial charge in [-0.25, -0.2) is 13.1 Å². The molecule has 0 bridgehead atoms. The molecule has 0 aromatic heterocycles. The van der Waals surface area contributed by atoms with Crippen LogP contribution in [0.15, 0.2) is 0 Å². The monoisotopic (exact) mass is 251 g/mol. The Balaban J connectivity index is 2.32. The van der Waals surface area contributed by atoms with Crippen LogP contribution in [0.5, 0.6) is 0 Å². The summed E-state index contributed by atoms with van der Waals surface area (Å²) in [4.78, 5) is 2.24. The third kappa shape index (κ3) is 4.75. The number of sulfonamides is 1. The second-order valence-corrected chi connectivity index (χ2v) is 5.77. The van der Waals surface area contributed by atoms with Crippen LogP contribution in [0.2, 0.25) is 0 Å². The van der Waals surface area contributed by atoms with Crippen molar-refractivity contribution in [2.45, 2.75) is 13.0 Å². The van der Waals surface area contributed by atoms with E-state index in [1.54, 1.807) is 0 Å². The van der Waals surface area contributed by atoms with Crippen LogP contribution in [0.1, 0.15) is 6.92 Å². The maximum Gasteiger partial charge on any atom is 0.212 e. The standard InChI is InChI=1S/C9H21N3O3S/c1-2-12-4-5-15-9(8-12)7-11-16(13,14)6-3-10/h9,11H,2-8,10H2,1H3. The molecule has 16 heavy (non-hydrogen) atoms. The quantitative estimate of drug-likeness (QED) is 0.605. The van der Waals surface area contributed by atoms with Crippen molar-refractivity contribution in [1.29, 1.82) is 0 Å². The first-order chi connectivity index (χ1) is 7.57. The average molecular weight is 251 g/mol. The molecule has 1 fully saturated rings. The molecule has 1 unspecified atom stereocenters. The lowest BCUT2D eigenvalue weighted by molar-refractivity contribution is -0.0229. The van der Waals surface area contributed by atoms with E-state index in [1.807, 2.05) is 0 Å². The molecule has 0 spiro atoms. The zero-order valence-corrected chi connectivity index (χ0v) is 10.5. The lowest BCUT2D eigenvalue weighted by atomic mass is 10.3. The molecular formula is C9H21N3O3S. The van der Waals surface area contributed by atoms with Gasteiger partial charge in [0.05, 0.1) is 18.5 Å². The SMILES string of the molecule is CCN1CCOC(CNS(=O)(=O)CCN)C1. The maximum absolute atomic E-state index is 11.4. The molecule has 1 saturated heterocycles. The third-order valence-electron chi connectivity index (χ3n) is 2.59. The van der Waals surface area contributed by atoms with Crippen LogP contribution in [0.3, 0.4) is 0 Å². The fourth-order valence-electron chi connectivity index (χ4n) is 1.64. The highest BCUT2D eigenvalue weighted by Crippen LogP contribution is 2.04. The Hall–Kier alpha value is -0.210. The van der Waals surface area contributed by atoms with E-state index in [-0.39, 0.29) is 18.4 Å². The Morgan fingerprint density at radius 3 is 2.94 bits per heavy atom. The zero-order chi connectivity index (χ0) is 12.0. The Kier molecular flexibility index (Phi) is 5.63. The molecule has 0 radical (unpaired) electrons. The van der Waals surface area contributed by atoms with Crippen LogP contribution in [-0.4, -0.2) is 64.5 Å². The topological polar surface area (TPSA) is 84.7 Å². The number of nitrogens with two attached hydrogens (primary N) is 1. The van der Waals surface area contributed by atoms with E-state index in [0.29, 0.717) is 13.2 Å². The minimum atomic E-state index is -3.23. The molecule has 0 aliphatic carbocycles. The van der Waals surface area contributed by atoms with E-state index in [1.165, 1.54) is 0 Å². The van der Waals surface area contributed by atoms with Crippen LogP contribution in [0, 0.1) is 0 Å². The van der Waals surface area contributed by atoms with Crippen molar-refractivity contribution in [2.24, 2.45) is 5.73 Å². The predicted molar refractivity (Wildman–Crippen MR) is 62.7 cm³/mol. The van der Waals surface area contributed by atoms with Gasteiger partial charge in [-0.15, -0.1) is 0 Å². The van der Waals surface area contributed by atoms with Gasteiger partial charge in [0.2, 0.25) is 10.0 Å². The summed E-state index contributed by atoms with van der Waals surface area (Å²) in [6, 6.07) is 0. The summed E-state index contributed by atoms with van der Waals surface area (Å²) in [7, 11) is -3.23. The van der Waals surface area contributed by atoms with Gasteiger partial charge in [-0.3, -0.25) is 4.90 Å². The smallest absolute Gasteiger partial charge is 0.212 e. The first-order valence-electron chi connectivity index (χ1n) is 5.58. The van der Waals surface area contributed by atoms with E-state index in [9.17, 15) is 8.42 Å². The summed E-state index contributed by atoms with van der Waals surface area (Å²) < 4.78 is 30.7. The number of nitrogens with one attached hydrogen (secondary N) is 1. The van der Waals surface area contributed by atoms with Crippen LogP contribution < -0.4 is 10.5 Å². The minimum Gasteiger partial charge on any atom is -0.374 e. The first-order valence-corrected chi connectivity index (χ1v) is 7.24. The van der Waals surface area contributed by atoms with Crippen LogP contribution >= 0.6 is 0 Å². The van der Waals surface area contributed by atoms with Crippen molar-refractivity contribution in [3.05, 3.63) is 0 Å². The fraction of sp³-hybridized carbons (Fsp3) is 1.00. The van der Waals surface area contributed by atoms with E-state index in [0.717, 1.165) is 19.6 Å². The zero-order valence-electron chi connectivity index (χ0n) is 9.68. The average Bonchev–Trinajstić information content (AvgIpc) is 2.27. The highest BCUT2D eigenvalue weighted by Gasteiger charge is 2.20. The summed E-state index contributed by atoms with van der Waals surface area (Å²) in [5.74, 6) is -0.0305. The van der Waals surface area contributed by atoms with Gasteiger partial charge in [0.25, 0.3) is 0 Å². The molecule has 1 aliphatic heterocycles. The van der Waals surface area contributed by atoms with Gasteiger partial charge in [0.15, 0.2) is 0 Å². The molecule has 1 rings (SSSR count). The molecule has 6 nitrogen and oxygen atoms in total. The highest BCUT2D eigenvalue weighted by atomic mass is 32.2. The van der Waals surface area contributed by atoms with E-state index in [2.05, 4.69) is 16.5 Å². The number of ether oxygens (including phenoxy) is 1. The molecule has 1 atom stereocenters. The number of hydrogen-bond donors (Lipinski definition) is 2. The van der Waals surface area contributed by atoms with Gasteiger partial charge in [-0.1, -0.05) is 6.92 Å². The summed E-state index contributed by atoms with van der Waals surface area (Å²) >= 11 is 0. The van der Waals surface area contributed by atoms with Gasteiger partial charge in [0.1, 0.15) is 0 Å². The van der Waals surface area contributed by atoms with Gasteiger partial charge < -0.3 is 10.5 Å². The van der Waals surface area contributed by atoms with E-state index in [4.69, 9.17) is 10.5 Å². The van der Waals surface area contributed by atoms with E-state index >= 15 is 0 Å². The largest absolute Gasteiger partial charge is 0.374 e. The lowest BCUT2D eigenvalue weighted by Crippen LogP contribution is -2.47. The maximum atomic E-state index is 11.4. The molecule has 7 heteroatoms. The number of likely N-dealkylation sites (N-methyl/N-ethyl adjacent to an activating group) is 1. The molecule has 0 aromatic carbocycles. The number of hydrogen-bond acceptors (Lipinski definition) is 5. The first kappa shape index (κ1) is 13.9. The van der Waals surface area contributed by atoms with Crippen LogP contribution in [0.4, 0.5) is 0 Å². The third-order valence-corrected chi connectivity index (χ3v) is 3.97. The Morgan fingerprint density at radius 2 is 2.31 bits per heavy atom. The molecule has 3 N–H and O–H groups in total. The van der Waals surface area contributed by atoms with Gasteiger partial charge in [-0.05, 0) is 6.54 Å². The van der Waals surface area contributed by atoms with E-state index < -0.39 is 10.0 Å². The second-order valence-electron chi connectivity index (χ2n) is 3.84. The molecule has 1 aliphatic rings. The van der Waals surface area contributed by atoms with Crippen LogP contribution in [0.25, 0.3) is 0 Å². The lowest BCUT2D eigenvalue weighted by Gasteiger charge is -2.32. The van der Waals surface area contributed by atoms with Gasteiger partial charge in [-0.2, -0.15) is 0 Å². The summed E-state index contributed by atoms with van der Waals surface area (Å²) in [5, 5.41) is 0. The Bertz CT molecular complexity index is 294. The molecule has 96 valence electrons. The number of nitrogens with zero attached hydrogens (tertiary/aromatic N) is 1. The molecule has 1 heterocycles. The minimum absolute atomic E-state index is 0.0305. The fourth-order valence-corrected chi connectivity index (χ4v) is 2.53. The Labute approximate surface area is 97.2 Å².